The first-order valence-corrected chi connectivity index (χ1v) is 9.87. The fraction of sp³-hybridized carbons (Fsp3) is 0.278. The van der Waals surface area contributed by atoms with Gasteiger partial charge in [-0.15, -0.1) is 22.7 Å². The smallest absolute Gasteiger partial charge is 0.281 e. The van der Waals surface area contributed by atoms with Gasteiger partial charge in [-0.05, 0) is 50.8 Å². The molecule has 0 radical (unpaired) electrons. The van der Waals surface area contributed by atoms with E-state index in [-0.39, 0.29) is 5.91 Å². The first kappa shape index (κ1) is 16.2. The minimum Gasteiger partial charge on any atom is -0.294 e. The highest BCUT2D eigenvalue weighted by Crippen LogP contribution is 2.30. The van der Waals surface area contributed by atoms with Gasteiger partial charge in [-0.2, -0.15) is 5.10 Å². The van der Waals surface area contributed by atoms with Gasteiger partial charge in [0.15, 0.2) is 5.13 Å². The Balaban J connectivity index is 1.48. The highest BCUT2D eigenvalue weighted by atomic mass is 32.1. The molecule has 0 unspecified atom stereocenters. The van der Waals surface area contributed by atoms with Gasteiger partial charge in [0.25, 0.3) is 5.91 Å². The lowest BCUT2D eigenvalue weighted by molar-refractivity contribution is 0.0959. The van der Waals surface area contributed by atoms with Gasteiger partial charge < -0.3 is 0 Å². The van der Waals surface area contributed by atoms with E-state index >= 15 is 0 Å². The molecule has 3 aromatic heterocycles. The second kappa shape index (κ2) is 6.57. The van der Waals surface area contributed by atoms with E-state index < -0.39 is 0 Å². The van der Waals surface area contributed by atoms with E-state index in [1.165, 1.54) is 16.9 Å². The van der Waals surface area contributed by atoms with Crippen LogP contribution in [0.5, 0.6) is 0 Å². The fourth-order valence-electron chi connectivity index (χ4n) is 3.20. The van der Waals surface area contributed by atoms with E-state index in [1.54, 1.807) is 35.1 Å². The number of thiazole rings is 1. The van der Waals surface area contributed by atoms with Crippen LogP contribution in [0.4, 0.5) is 0 Å². The summed E-state index contributed by atoms with van der Waals surface area (Å²) in [6, 6.07) is 4.05. The second-order valence-electron chi connectivity index (χ2n) is 6.09. The summed E-state index contributed by atoms with van der Waals surface area (Å²) in [7, 11) is 0. The van der Waals surface area contributed by atoms with Gasteiger partial charge in [-0.3, -0.25) is 9.36 Å². The van der Waals surface area contributed by atoms with Gasteiger partial charge in [-0.25, -0.2) is 10.4 Å². The Hall–Kier alpha value is -2.25. The molecule has 1 aliphatic rings. The van der Waals surface area contributed by atoms with Crippen molar-refractivity contribution in [3.63, 3.8) is 0 Å². The molecule has 0 saturated heterocycles. The van der Waals surface area contributed by atoms with Crippen molar-refractivity contribution in [2.75, 3.05) is 0 Å². The number of hydrogen-bond donors (Lipinski definition) is 1. The molecule has 1 amide bonds. The molecule has 0 spiro atoms. The molecule has 25 heavy (non-hydrogen) atoms. The average molecular weight is 371 g/mol. The van der Waals surface area contributed by atoms with Crippen LogP contribution < -0.4 is 5.43 Å². The predicted octanol–water partition coefficient (Wildman–Crippen LogP) is 3.86. The Labute approximate surface area is 154 Å². The third-order valence-electron chi connectivity index (χ3n) is 4.42. The van der Waals surface area contributed by atoms with Crippen LogP contribution in [-0.4, -0.2) is 21.7 Å². The molecule has 4 rings (SSSR count). The van der Waals surface area contributed by atoms with Crippen LogP contribution in [-0.2, 0) is 12.8 Å². The van der Waals surface area contributed by atoms with E-state index in [1.807, 2.05) is 31.4 Å². The van der Waals surface area contributed by atoms with Gasteiger partial charge in [0.1, 0.15) is 0 Å². The molecule has 0 atom stereocenters. The molecule has 0 aliphatic heterocycles. The number of fused-ring (bicyclic) bond motifs is 1. The van der Waals surface area contributed by atoms with Crippen molar-refractivity contribution in [2.24, 2.45) is 5.10 Å². The number of hydrogen-bond acceptors (Lipinski definition) is 5. The highest BCUT2D eigenvalue weighted by Gasteiger charge is 2.18. The molecule has 5 nitrogen and oxygen atoms in total. The summed E-state index contributed by atoms with van der Waals surface area (Å²) < 4.78 is 2.09. The standard InChI is InChI=1S/C18H18N4OS2/c1-11-8-14(12(2)22(11)18-19-6-7-24-18)10-20-21-17(23)16-9-13-4-3-5-15(13)25-16/h6-10H,3-5H2,1-2H3,(H,21,23)/b20-10-. The largest absolute Gasteiger partial charge is 0.294 e. The maximum Gasteiger partial charge on any atom is 0.281 e. The van der Waals surface area contributed by atoms with Gasteiger partial charge in [0.2, 0.25) is 0 Å². The lowest BCUT2D eigenvalue weighted by atomic mass is 10.2. The second-order valence-corrected chi connectivity index (χ2v) is 8.10. The number of thiophene rings is 1. The third kappa shape index (κ3) is 3.05. The molecule has 128 valence electrons. The number of aryl methyl sites for hydroxylation is 3. The van der Waals surface area contributed by atoms with Crippen molar-refractivity contribution in [1.29, 1.82) is 0 Å². The third-order valence-corrected chi connectivity index (χ3v) is 6.41. The van der Waals surface area contributed by atoms with Crippen molar-refractivity contribution < 1.29 is 4.79 Å². The molecule has 1 N–H and O–H groups in total. The monoisotopic (exact) mass is 370 g/mol. The predicted molar refractivity (Wildman–Crippen MR) is 102 cm³/mol. The Morgan fingerprint density at radius 3 is 3.00 bits per heavy atom. The zero-order valence-corrected chi connectivity index (χ0v) is 15.7. The van der Waals surface area contributed by atoms with Crippen LogP contribution in [0, 0.1) is 13.8 Å². The molecule has 7 heteroatoms. The maximum atomic E-state index is 12.3. The first-order valence-electron chi connectivity index (χ1n) is 8.17. The van der Waals surface area contributed by atoms with Crippen LogP contribution in [0.25, 0.3) is 5.13 Å². The number of nitrogens with zero attached hydrogens (tertiary/aromatic N) is 3. The van der Waals surface area contributed by atoms with E-state index in [0.29, 0.717) is 0 Å². The lowest BCUT2D eigenvalue weighted by Gasteiger charge is -2.04. The van der Waals surface area contributed by atoms with Crippen LogP contribution in [0.3, 0.4) is 0 Å². The fourth-order valence-corrected chi connectivity index (χ4v) is 5.09. The Kier molecular flexibility index (Phi) is 4.27. The molecule has 3 heterocycles. The van der Waals surface area contributed by atoms with E-state index in [9.17, 15) is 4.79 Å². The van der Waals surface area contributed by atoms with Crippen molar-refractivity contribution in [1.82, 2.24) is 15.0 Å². The number of amides is 1. The Morgan fingerprint density at radius 1 is 1.36 bits per heavy atom. The minimum absolute atomic E-state index is 0.135. The topological polar surface area (TPSA) is 59.3 Å². The summed E-state index contributed by atoms with van der Waals surface area (Å²) in [5.74, 6) is -0.135. The lowest BCUT2D eigenvalue weighted by Crippen LogP contribution is -2.16. The SMILES string of the molecule is Cc1cc(/C=N\NC(=O)c2cc3c(s2)CCC3)c(C)n1-c1nccs1. The Morgan fingerprint density at radius 2 is 2.24 bits per heavy atom. The quantitative estimate of drug-likeness (QED) is 0.560. The number of nitrogens with one attached hydrogen (secondary N) is 1. The highest BCUT2D eigenvalue weighted by molar-refractivity contribution is 7.14. The molecule has 0 saturated carbocycles. The van der Waals surface area contributed by atoms with Gasteiger partial charge in [-0.1, -0.05) is 0 Å². The van der Waals surface area contributed by atoms with E-state index in [0.717, 1.165) is 39.8 Å². The molecule has 1 aliphatic carbocycles. The normalized spacial score (nSPS) is 13.5. The minimum atomic E-state index is -0.135. The van der Waals surface area contributed by atoms with E-state index in [2.05, 4.69) is 20.1 Å². The number of aromatic nitrogens is 2. The van der Waals surface area contributed by atoms with Gasteiger partial charge in [0, 0.05) is 33.4 Å². The molecular formula is C18H18N4OS2. The number of rotatable bonds is 4. The van der Waals surface area contributed by atoms with Crippen LogP contribution >= 0.6 is 22.7 Å². The first-order chi connectivity index (χ1) is 12.1. The molecule has 0 bridgehead atoms. The summed E-state index contributed by atoms with van der Waals surface area (Å²) in [6.07, 6.45) is 6.89. The van der Waals surface area contributed by atoms with Crippen LogP contribution in [0.1, 0.15) is 43.5 Å². The zero-order chi connectivity index (χ0) is 17.4. The summed E-state index contributed by atoms with van der Waals surface area (Å²) >= 11 is 3.18. The number of carbonyl (C=O) groups is 1. The number of carbonyl (C=O) groups excluding carboxylic acids is 1. The number of hydrazone groups is 1. The van der Waals surface area contributed by atoms with Crippen LogP contribution in [0.15, 0.2) is 28.8 Å². The Bertz CT molecular complexity index is 929. The summed E-state index contributed by atoms with van der Waals surface area (Å²) in [6.45, 7) is 4.07. The van der Waals surface area contributed by atoms with E-state index in [4.69, 9.17) is 0 Å². The molecule has 3 aromatic rings. The summed E-state index contributed by atoms with van der Waals surface area (Å²) in [4.78, 5) is 18.7. The van der Waals surface area contributed by atoms with Gasteiger partial charge in [0.05, 0.1) is 11.1 Å². The molecular weight excluding hydrogens is 352 g/mol. The molecule has 0 fully saturated rings. The van der Waals surface area contributed by atoms with Crippen molar-refractivity contribution >= 4 is 34.8 Å². The van der Waals surface area contributed by atoms with Crippen LogP contribution in [0.2, 0.25) is 0 Å². The summed E-state index contributed by atoms with van der Waals surface area (Å²) in [5, 5.41) is 7.04. The van der Waals surface area contributed by atoms with Crippen molar-refractivity contribution in [2.45, 2.75) is 33.1 Å². The van der Waals surface area contributed by atoms with Crippen molar-refractivity contribution in [3.8, 4) is 5.13 Å². The van der Waals surface area contributed by atoms with Crippen molar-refractivity contribution in [3.05, 3.63) is 56.0 Å². The maximum absolute atomic E-state index is 12.3. The zero-order valence-electron chi connectivity index (χ0n) is 14.1. The molecule has 0 aromatic carbocycles. The van der Waals surface area contributed by atoms with Gasteiger partial charge >= 0.3 is 0 Å². The summed E-state index contributed by atoms with van der Waals surface area (Å²) in [5.41, 5.74) is 7.09. The average Bonchev–Trinajstić information content (AvgIpc) is 3.32.